The zero-order valence-electron chi connectivity index (χ0n) is 16.5. The molecule has 146 valence electrons. The molecule has 1 aliphatic carbocycles. The number of primary amides is 1. The van der Waals surface area contributed by atoms with Crippen LogP contribution in [0, 0.1) is 11.3 Å². The monoisotopic (exact) mass is 369 g/mol. The van der Waals surface area contributed by atoms with Gasteiger partial charge in [-0.2, -0.15) is 0 Å². The molecule has 0 saturated carbocycles. The zero-order chi connectivity index (χ0) is 19.4. The number of amides is 2. The van der Waals surface area contributed by atoms with Gasteiger partial charge in [0.2, 0.25) is 0 Å². The fourth-order valence-corrected chi connectivity index (χ4v) is 4.68. The SMILES string of the molecule is CCCC1(C)C2C=C(OCC)C=CC2N(C(N)=O)C1NCc1ccccc1. The zero-order valence-corrected chi connectivity index (χ0v) is 16.5. The summed E-state index contributed by atoms with van der Waals surface area (Å²) in [4.78, 5) is 14.2. The van der Waals surface area contributed by atoms with Gasteiger partial charge < -0.3 is 15.4 Å². The standard InChI is InChI=1S/C22H31N3O2/c1-4-13-22(3)18-14-17(27-5-2)11-12-19(18)25(21(23)26)20(22)24-15-16-9-7-6-8-10-16/h6-12,14,18-20,24H,4-5,13,15H2,1-3H3,(H2,23,26). The number of nitrogens with zero attached hydrogens (tertiary/aromatic N) is 1. The van der Waals surface area contributed by atoms with Gasteiger partial charge in [0.15, 0.2) is 0 Å². The quantitative estimate of drug-likeness (QED) is 0.769. The minimum absolute atomic E-state index is 0.0449. The number of urea groups is 1. The van der Waals surface area contributed by atoms with Crippen molar-refractivity contribution in [1.82, 2.24) is 10.2 Å². The molecular weight excluding hydrogens is 338 g/mol. The number of hydrogen-bond acceptors (Lipinski definition) is 3. The molecule has 1 aliphatic heterocycles. The van der Waals surface area contributed by atoms with Crippen molar-refractivity contribution in [1.29, 1.82) is 0 Å². The van der Waals surface area contributed by atoms with E-state index in [0.717, 1.165) is 18.6 Å². The highest BCUT2D eigenvalue weighted by Gasteiger charge is 2.56. The maximum atomic E-state index is 12.4. The summed E-state index contributed by atoms with van der Waals surface area (Å²) in [5.41, 5.74) is 6.90. The van der Waals surface area contributed by atoms with Crippen LogP contribution in [0.25, 0.3) is 0 Å². The van der Waals surface area contributed by atoms with Crippen molar-refractivity contribution in [2.75, 3.05) is 6.61 Å². The smallest absolute Gasteiger partial charge is 0.316 e. The second-order valence-corrected chi connectivity index (χ2v) is 7.65. The first kappa shape index (κ1) is 19.5. The Morgan fingerprint density at radius 1 is 1.30 bits per heavy atom. The van der Waals surface area contributed by atoms with Crippen LogP contribution in [0.1, 0.15) is 39.2 Å². The van der Waals surface area contributed by atoms with Crippen molar-refractivity contribution in [2.45, 2.75) is 52.4 Å². The Morgan fingerprint density at radius 2 is 2.04 bits per heavy atom. The van der Waals surface area contributed by atoms with Crippen LogP contribution >= 0.6 is 0 Å². The third-order valence-electron chi connectivity index (χ3n) is 5.85. The molecule has 0 aromatic heterocycles. The van der Waals surface area contributed by atoms with Gasteiger partial charge in [-0.25, -0.2) is 4.79 Å². The molecule has 5 heteroatoms. The number of hydrogen-bond donors (Lipinski definition) is 2. The number of carbonyl (C=O) groups is 1. The summed E-state index contributed by atoms with van der Waals surface area (Å²) in [6.07, 6.45) is 8.12. The third-order valence-corrected chi connectivity index (χ3v) is 5.85. The summed E-state index contributed by atoms with van der Waals surface area (Å²) in [7, 11) is 0. The molecular formula is C22H31N3O2. The maximum absolute atomic E-state index is 12.4. The first-order valence-electron chi connectivity index (χ1n) is 9.89. The normalized spacial score (nSPS) is 29.4. The number of nitrogens with two attached hydrogens (primary N) is 1. The number of carbonyl (C=O) groups excluding carboxylic acids is 1. The molecule has 1 fully saturated rings. The Bertz CT molecular complexity index is 716. The first-order valence-corrected chi connectivity index (χ1v) is 9.89. The second kappa shape index (κ2) is 8.17. The highest BCUT2D eigenvalue weighted by atomic mass is 16.5. The largest absolute Gasteiger partial charge is 0.494 e. The van der Waals surface area contributed by atoms with E-state index in [4.69, 9.17) is 10.5 Å². The molecule has 2 aliphatic rings. The molecule has 27 heavy (non-hydrogen) atoms. The summed E-state index contributed by atoms with van der Waals surface area (Å²) >= 11 is 0. The third kappa shape index (κ3) is 3.74. The maximum Gasteiger partial charge on any atom is 0.316 e. The number of nitrogens with one attached hydrogen (secondary N) is 1. The number of fused-ring (bicyclic) bond motifs is 1. The van der Waals surface area contributed by atoms with E-state index in [1.165, 1.54) is 5.56 Å². The van der Waals surface area contributed by atoms with E-state index in [0.29, 0.717) is 13.2 Å². The summed E-state index contributed by atoms with van der Waals surface area (Å²) in [5.74, 6) is 1.05. The molecule has 4 unspecified atom stereocenters. The van der Waals surface area contributed by atoms with Gasteiger partial charge in [-0.15, -0.1) is 0 Å². The van der Waals surface area contributed by atoms with Crippen molar-refractivity contribution < 1.29 is 9.53 Å². The minimum Gasteiger partial charge on any atom is -0.494 e. The van der Waals surface area contributed by atoms with Crippen LogP contribution in [0.3, 0.4) is 0 Å². The summed E-state index contributed by atoms with van der Waals surface area (Å²) < 4.78 is 5.74. The average Bonchev–Trinajstić information content (AvgIpc) is 2.90. The lowest BCUT2D eigenvalue weighted by atomic mass is 9.71. The van der Waals surface area contributed by atoms with E-state index < -0.39 is 0 Å². The van der Waals surface area contributed by atoms with Gasteiger partial charge in [-0.05, 0) is 31.1 Å². The van der Waals surface area contributed by atoms with Crippen LogP contribution in [-0.4, -0.2) is 29.7 Å². The van der Waals surface area contributed by atoms with Crippen molar-refractivity contribution in [3.05, 3.63) is 59.9 Å². The van der Waals surface area contributed by atoms with E-state index in [1.54, 1.807) is 0 Å². The molecule has 5 nitrogen and oxygen atoms in total. The van der Waals surface area contributed by atoms with E-state index in [-0.39, 0.29) is 29.6 Å². The molecule has 2 amide bonds. The predicted molar refractivity (Wildman–Crippen MR) is 108 cm³/mol. The highest BCUT2D eigenvalue weighted by molar-refractivity contribution is 5.74. The van der Waals surface area contributed by atoms with Crippen LogP contribution in [0.2, 0.25) is 0 Å². The number of ether oxygens (including phenoxy) is 1. The van der Waals surface area contributed by atoms with Gasteiger partial charge in [0, 0.05) is 17.9 Å². The van der Waals surface area contributed by atoms with Gasteiger partial charge >= 0.3 is 6.03 Å². The van der Waals surface area contributed by atoms with Crippen LogP contribution < -0.4 is 11.1 Å². The Hall–Kier alpha value is -2.27. The molecule has 3 N–H and O–H groups in total. The lowest BCUT2D eigenvalue weighted by Gasteiger charge is -2.37. The molecule has 0 spiro atoms. The Balaban J connectivity index is 1.93. The van der Waals surface area contributed by atoms with E-state index in [9.17, 15) is 4.79 Å². The van der Waals surface area contributed by atoms with Crippen LogP contribution in [-0.2, 0) is 11.3 Å². The molecule has 1 aromatic rings. The molecule has 0 radical (unpaired) electrons. The topological polar surface area (TPSA) is 67.6 Å². The Labute approximate surface area is 162 Å². The lowest BCUT2D eigenvalue weighted by Crippen LogP contribution is -2.54. The molecule has 3 rings (SSSR count). The van der Waals surface area contributed by atoms with Gasteiger partial charge in [0.25, 0.3) is 0 Å². The van der Waals surface area contributed by atoms with Crippen molar-refractivity contribution in [3.8, 4) is 0 Å². The Kier molecular flexibility index (Phi) is 5.90. The summed E-state index contributed by atoms with van der Waals surface area (Å²) in [5, 5.41) is 3.63. The molecule has 1 aromatic carbocycles. The van der Waals surface area contributed by atoms with Crippen LogP contribution in [0.5, 0.6) is 0 Å². The van der Waals surface area contributed by atoms with E-state index in [2.05, 4.69) is 43.4 Å². The van der Waals surface area contributed by atoms with Crippen molar-refractivity contribution in [3.63, 3.8) is 0 Å². The minimum atomic E-state index is -0.381. The van der Waals surface area contributed by atoms with E-state index >= 15 is 0 Å². The number of benzene rings is 1. The van der Waals surface area contributed by atoms with Gasteiger partial charge in [0.1, 0.15) is 5.76 Å². The summed E-state index contributed by atoms with van der Waals surface area (Å²) in [6.45, 7) is 7.76. The van der Waals surface area contributed by atoms with Gasteiger partial charge in [-0.1, -0.05) is 56.7 Å². The second-order valence-electron chi connectivity index (χ2n) is 7.65. The van der Waals surface area contributed by atoms with Crippen molar-refractivity contribution in [2.24, 2.45) is 17.1 Å². The average molecular weight is 370 g/mol. The highest BCUT2D eigenvalue weighted by Crippen LogP contribution is 2.50. The predicted octanol–water partition coefficient (Wildman–Crippen LogP) is 3.78. The first-order chi connectivity index (χ1) is 13.0. The summed E-state index contributed by atoms with van der Waals surface area (Å²) in [6, 6.07) is 9.83. The number of rotatable bonds is 7. The molecule has 1 saturated heterocycles. The van der Waals surface area contributed by atoms with Crippen molar-refractivity contribution >= 4 is 6.03 Å². The van der Waals surface area contributed by atoms with Crippen LogP contribution in [0.4, 0.5) is 4.79 Å². The molecule has 4 atom stereocenters. The molecule has 0 bridgehead atoms. The van der Waals surface area contributed by atoms with E-state index in [1.807, 2.05) is 36.1 Å². The van der Waals surface area contributed by atoms with Gasteiger partial charge in [-0.3, -0.25) is 5.32 Å². The fraction of sp³-hybridized carbons (Fsp3) is 0.500. The molecule has 1 heterocycles. The lowest BCUT2D eigenvalue weighted by molar-refractivity contribution is 0.124. The van der Waals surface area contributed by atoms with Gasteiger partial charge in [0.05, 0.1) is 18.8 Å². The fourth-order valence-electron chi connectivity index (χ4n) is 4.68. The Morgan fingerprint density at radius 3 is 2.67 bits per heavy atom. The number of likely N-dealkylation sites (tertiary alicyclic amines) is 1. The van der Waals surface area contributed by atoms with Crippen LogP contribution in [0.15, 0.2) is 54.3 Å². The number of allylic oxidation sites excluding steroid dienone is 1.